The summed E-state index contributed by atoms with van der Waals surface area (Å²) < 4.78 is 0. The first-order chi connectivity index (χ1) is 7.91. The zero-order chi connectivity index (χ0) is 13.1. The Kier molecular flexibility index (Phi) is 4.45. The zero-order valence-corrected chi connectivity index (χ0v) is 11.2. The lowest BCUT2D eigenvalue weighted by Gasteiger charge is -2.23. The van der Waals surface area contributed by atoms with Gasteiger partial charge >= 0.3 is 0 Å². The van der Waals surface area contributed by atoms with E-state index >= 15 is 0 Å². The van der Waals surface area contributed by atoms with E-state index in [0.29, 0.717) is 22.0 Å². The molecule has 1 aromatic carbocycles. The topological polar surface area (TPSA) is 29.1 Å². The molecule has 1 N–H and O–H groups in total. The minimum Gasteiger partial charge on any atom is -0.336 e. The number of hydrogen-bond acceptors (Lipinski definition) is 1. The van der Waals surface area contributed by atoms with Gasteiger partial charge in [-0.1, -0.05) is 36.0 Å². The third kappa shape index (κ3) is 3.39. The Bertz CT molecular complexity index is 479. The predicted molar refractivity (Wildman–Crippen MR) is 71.5 cm³/mol. The number of terminal acetylenes is 1. The molecule has 0 spiro atoms. The Morgan fingerprint density at radius 1 is 1.47 bits per heavy atom. The fraction of sp³-hybridized carbons (Fsp3) is 0.308. The molecule has 1 atom stereocenters. The van der Waals surface area contributed by atoms with Crippen LogP contribution in [0.1, 0.15) is 30.6 Å². The van der Waals surface area contributed by atoms with Crippen molar-refractivity contribution in [3.05, 3.63) is 33.8 Å². The summed E-state index contributed by atoms with van der Waals surface area (Å²) in [5.41, 5.74) is -0.210. The average Bonchev–Trinajstić information content (AvgIpc) is 2.32. The molecule has 0 bridgehead atoms. The Hall–Kier alpha value is -1.17. The van der Waals surface area contributed by atoms with Crippen molar-refractivity contribution in [1.29, 1.82) is 0 Å². The molecule has 1 amide bonds. The molecule has 0 saturated heterocycles. The second kappa shape index (κ2) is 5.44. The van der Waals surface area contributed by atoms with Crippen LogP contribution in [0.5, 0.6) is 0 Å². The first kappa shape index (κ1) is 13.9. The van der Waals surface area contributed by atoms with Crippen LogP contribution in [-0.2, 0) is 0 Å². The van der Waals surface area contributed by atoms with Gasteiger partial charge in [0.25, 0.3) is 5.91 Å². The largest absolute Gasteiger partial charge is 0.336 e. The van der Waals surface area contributed by atoms with Crippen LogP contribution in [0.25, 0.3) is 0 Å². The molecule has 0 aliphatic heterocycles. The normalized spacial score (nSPS) is 13.6. The monoisotopic (exact) mass is 269 g/mol. The summed E-state index contributed by atoms with van der Waals surface area (Å²) in [7, 11) is 0. The maximum Gasteiger partial charge on any atom is 0.252 e. The summed E-state index contributed by atoms with van der Waals surface area (Å²) in [6.07, 6.45) is 6.04. The Morgan fingerprint density at radius 3 is 2.59 bits per heavy atom. The summed E-state index contributed by atoms with van der Waals surface area (Å²) in [6.45, 7) is 3.71. The van der Waals surface area contributed by atoms with Crippen LogP contribution >= 0.6 is 23.2 Å². The molecule has 0 unspecified atom stereocenters. The second-order valence-corrected chi connectivity index (χ2v) is 4.73. The summed E-state index contributed by atoms with van der Waals surface area (Å²) in [6, 6.07) is 4.71. The fourth-order valence-corrected chi connectivity index (χ4v) is 1.48. The molecule has 1 rings (SSSR count). The highest BCUT2D eigenvalue weighted by molar-refractivity contribution is 6.42. The highest BCUT2D eigenvalue weighted by Gasteiger charge is 2.22. The van der Waals surface area contributed by atoms with Gasteiger partial charge in [-0.25, -0.2) is 0 Å². The van der Waals surface area contributed by atoms with Gasteiger partial charge in [0.15, 0.2) is 0 Å². The van der Waals surface area contributed by atoms with E-state index in [1.807, 2.05) is 6.92 Å². The van der Waals surface area contributed by atoms with Crippen LogP contribution in [0.4, 0.5) is 0 Å². The van der Waals surface area contributed by atoms with Crippen molar-refractivity contribution in [1.82, 2.24) is 5.32 Å². The first-order valence-electron chi connectivity index (χ1n) is 5.17. The number of benzene rings is 1. The minimum atomic E-state index is -0.650. The molecular formula is C13H13Cl2NO. The number of carbonyl (C=O) groups is 1. The third-order valence-electron chi connectivity index (χ3n) is 2.60. The lowest BCUT2D eigenvalue weighted by atomic mass is 9.99. The molecule has 90 valence electrons. The van der Waals surface area contributed by atoms with E-state index in [0.717, 1.165) is 0 Å². The van der Waals surface area contributed by atoms with Gasteiger partial charge < -0.3 is 5.32 Å². The number of halogens is 2. The first-order valence-corrected chi connectivity index (χ1v) is 5.93. The highest BCUT2D eigenvalue weighted by Crippen LogP contribution is 2.22. The van der Waals surface area contributed by atoms with Crippen molar-refractivity contribution in [2.24, 2.45) is 0 Å². The minimum absolute atomic E-state index is 0.258. The van der Waals surface area contributed by atoms with Crippen LogP contribution in [0, 0.1) is 12.3 Å². The van der Waals surface area contributed by atoms with Gasteiger partial charge in [-0.05, 0) is 31.5 Å². The number of nitrogens with one attached hydrogen (secondary N) is 1. The van der Waals surface area contributed by atoms with E-state index in [2.05, 4.69) is 11.2 Å². The molecule has 0 fully saturated rings. The van der Waals surface area contributed by atoms with Gasteiger partial charge in [-0.15, -0.1) is 6.42 Å². The van der Waals surface area contributed by atoms with Crippen molar-refractivity contribution in [2.45, 2.75) is 25.8 Å². The lowest BCUT2D eigenvalue weighted by molar-refractivity contribution is 0.0924. The second-order valence-electron chi connectivity index (χ2n) is 3.91. The van der Waals surface area contributed by atoms with Crippen molar-refractivity contribution < 1.29 is 4.79 Å². The average molecular weight is 270 g/mol. The molecule has 0 radical (unpaired) electrons. The van der Waals surface area contributed by atoms with E-state index in [-0.39, 0.29) is 5.91 Å². The smallest absolute Gasteiger partial charge is 0.252 e. The van der Waals surface area contributed by atoms with Gasteiger partial charge in [0, 0.05) is 5.56 Å². The van der Waals surface area contributed by atoms with E-state index in [1.54, 1.807) is 19.1 Å². The zero-order valence-electron chi connectivity index (χ0n) is 9.68. The molecular weight excluding hydrogens is 257 g/mol. The molecule has 17 heavy (non-hydrogen) atoms. The van der Waals surface area contributed by atoms with Crippen molar-refractivity contribution >= 4 is 29.1 Å². The van der Waals surface area contributed by atoms with E-state index in [9.17, 15) is 4.79 Å². The molecule has 0 aliphatic rings. The number of carbonyl (C=O) groups excluding carboxylic acids is 1. The van der Waals surface area contributed by atoms with Crippen molar-refractivity contribution in [3.8, 4) is 12.3 Å². The van der Waals surface area contributed by atoms with Crippen LogP contribution < -0.4 is 5.32 Å². The summed E-state index contributed by atoms with van der Waals surface area (Å²) >= 11 is 11.6. The van der Waals surface area contributed by atoms with Gasteiger partial charge in [-0.3, -0.25) is 4.79 Å². The molecule has 0 saturated carbocycles. The maximum absolute atomic E-state index is 11.9. The predicted octanol–water partition coefficient (Wildman–Crippen LogP) is 3.53. The van der Waals surface area contributed by atoms with Crippen LogP contribution in [-0.4, -0.2) is 11.4 Å². The Balaban J connectivity index is 2.91. The molecule has 0 heterocycles. The van der Waals surface area contributed by atoms with Gasteiger partial charge in [0.1, 0.15) is 0 Å². The summed E-state index contributed by atoms with van der Waals surface area (Å²) in [5.74, 6) is 2.31. The van der Waals surface area contributed by atoms with Crippen molar-refractivity contribution in [3.63, 3.8) is 0 Å². The SMILES string of the molecule is C#C[C@](C)(CC)NC(=O)c1ccc(Cl)c(Cl)c1. The van der Waals surface area contributed by atoms with Crippen molar-refractivity contribution in [2.75, 3.05) is 0 Å². The number of rotatable bonds is 3. The Labute approximate surface area is 111 Å². The molecule has 2 nitrogen and oxygen atoms in total. The number of amides is 1. The third-order valence-corrected chi connectivity index (χ3v) is 3.34. The molecule has 0 aliphatic carbocycles. The van der Waals surface area contributed by atoms with Crippen LogP contribution in [0.3, 0.4) is 0 Å². The molecule has 0 aromatic heterocycles. The summed E-state index contributed by atoms with van der Waals surface area (Å²) in [5, 5.41) is 3.54. The van der Waals surface area contributed by atoms with Gasteiger partial charge in [0.05, 0.1) is 15.6 Å². The van der Waals surface area contributed by atoms with Gasteiger partial charge in [-0.2, -0.15) is 0 Å². The fourth-order valence-electron chi connectivity index (χ4n) is 1.19. The standard InChI is InChI=1S/C13H13Cl2NO/c1-4-13(3,5-2)16-12(17)9-6-7-10(14)11(15)8-9/h1,6-8H,5H2,2-3H3,(H,16,17)/t13-/m1/s1. The molecule has 1 aromatic rings. The van der Waals surface area contributed by atoms with Crippen LogP contribution in [0.15, 0.2) is 18.2 Å². The summed E-state index contributed by atoms with van der Waals surface area (Å²) in [4.78, 5) is 11.9. The maximum atomic E-state index is 11.9. The van der Waals surface area contributed by atoms with E-state index in [4.69, 9.17) is 29.6 Å². The van der Waals surface area contributed by atoms with Gasteiger partial charge in [0.2, 0.25) is 0 Å². The lowest BCUT2D eigenvalue weighted by Crippen LogP contribution is -2.44. The van der Waals surface area contributed by atoms with Crippen LogP contribution in [0.2, 0.25) is 10.0 Å². The van der Waals surface area contributed by atoms with E-state index in [1.165, 1.54) is 6.07 Å². The molecule has 4 heteroatoms. The van der Waals surface area contributed by atoms with E-state index < -0.39 is 5.54 Å². The number of hydrogen-bond donors (Lipinski definition) is 1. The Morgan fingerprint density at radius 2 is 2.12 bits per heavy atom. The highest BCUT2D eigenvalue weighted by atomic mass is 35.5. The quantitative estimate of drug-likeness (QED) is 0.836.